The number of aromatic hydroxyl groups is 4. The number of sulfonamides is 1. The zero-order valence-electron chi connectivity index (χ0n) is 14.0. The number of rotatable bonds is 5. The van der Waals surface area contributed by atoms with Gasteiger partial charge >= 0.3 is 0 Å². The summed E-state index contributed by atoms with van der Waals surface area (Å²) in [6.45, 7) is 0.0234. The molecule has 0 fully saturated rings. The fourth-order valence-corrected chi connectivity index (χ4v) is 3.85. The first-order valence-corrected chi connectivity index (χ1v) is 9.37. The fourth-order valence-electron chi connectivity index (χ4n) is 2.61. The molecule has 0 bridgehead atoms. The summed E-state index contributed by atoms with van der Waals surface area (Å²) in [4.78, 5) is -0.307. The standard InChI is InChI=1S/C19H17NO6S/c21-14-6-13(7-15(22)8-14)16-9-17(23)18(24)10-19(16)27(25,26)20-11-12-4-2-1-3-5-12/h1-10,20-24H,11H2. The van der Waals surface area contributed by atoms with Crippen LogP contribution >= 0.6 is 0 Å². The van der Waals surface area contributed by atoms with Crippen LogP contribution in [0.15, 0.2) is 65.6 Å². The number of hydrogen-bond donors (Lipinski definition) is 5. The van der Waals surface area contributed by atoms with E-state index in [-0.39, 0.29) is 34.1 Å². The molecule has 8 heteroatoms. The van der Waals surface area contributed by atoms with Gasteiger partial charge in [-0.1, -0.05) is 30.3 Å². The number of hydrogen-bond acceptors (Lipinski definition) is 6. The Bertz CT molecular complexity index is 1060. The van der Waals surface area contributed by atoms with Gasteiger partial charge in [0.25, 0.3) is 0 Å². The minimum Gasteiger partial charge on any atom is -0.508 e. The van der Waals surface area contributed by atoms with E-state index < -0.39 is 21.5 Å². The predicted molar refractivity (Wildman–Crippen MR) is 99.0 cm³/mol. The summed E-state index contributed by atoms with van der Waals surface area (Å²) in [6.07, 6.45) is 0. The average molecular weight is 387 g/mol. The number of nitrogens with one attached hydrogen (secondary N) is 1. The monoisotopic (exact) mass is 387 g/mol. The van der Waals surface area contributed by atoms with E-state index in [9.17, 15) is 28.8 Å². The third-order valence-corrected chi connectivity index (χ3v) is 5.33. The largest absolute Gasteiger partial charge is 0.508 e. The van der Waals surface area contributed by atoms with Gasteiger partial charge in [-0.05, 0) is 29.3 Å². The fraction of sp³-hybridized carbons (Fsp3) is 0.0526. The van der Waals surface area contributed by atoms with Gasteiger partial charge in [0, 0.05) is 24.2 Å². The van der Waals surface area contributed by atoms with Crippen molar-refractivity contribution in [2.45, 2.75) is 11.4 Å². The van der Waals surface area contributed by atoms with Crippen molar-refractivity contribution in [2.24, 2.45) is 0 Å². The van der Waals surface area contributed by atoms with Gasteiger partial charge < -0.3 is 20.4 Å². The summed E-state index contributed by atoms with van der Waals surface area (Å²) in [5.41, 5.74) is 0.903. The smallest absolute Gasteiger partial charge is 0.241 e. The van der Waals surface area contributed by atoms with Crippen LogP contribution in [0.4, 0.5) is 0 Å². The van der Waals surface area contributed by atoms with Gasteiger partial charge in [0.15, 0.2) is 11.5 Å². The van der Waals surface area contributed by atoms with Crippen LogP contribution in [0.3, 0.4) is 0 Å². The first-order chi connectivity index (χ1) is 12.8. The number of benzene rings is 3. The number of phenols is 4. The maximum atomic E-state index is 12.8. The molecule has 3 rings (SSSR count). The molecule has 0 aliphatic rings. The molecule has 0 aliphatic heterocycles. The SMILES string of the molecule is O=S(=O)(NCc1ccccc1)c1cc(O)c(O)cc1-c1cc(O)cc(O)c1. The van der Waals surface area contributed by atoms with E-state index in [4.69, 9.17) is 0 Å². The summed E-state index contributed by atoms with van der Waals surface area (Å²) in [6, 6.07) is 14.4. The Balaban J connectivity index is 2.07. The Hall–Kier alpha value is -3.23. The van der Waals surface area contributed by atoms with Gasteiger partial charge in [0.1, 0.15) is 11.5 Å². The average Bonchev–Trinajstić information content (AvgIpc) is 2.62. The van der Waals surface area contributed by atoms with E-state index in [0.29, 0.717) is 0 Å². The van der Waals surface area contributed by atoms with Crippen LogP contribution in [0.2, 0.25) is 0 Å². The molecule has 0 heterocycles. The lowest BCUT2D eigenvalue weighted by molar-refractivity contribution is 0.402. The Kier molecular flexibility index (Phi) is 4.93. The molecule has 7 nitrogen and oxygen atoms in total. The molecule has 0 saturated carbocycles. The summed E-state index contributed by atoms with van der Waals surface area (Å²) in [7, 11) is -4.09. The van der Waals surface area contributed by atoms with Crippen molar-refractivity contribution in [3.05, 3.63) is 66.2 Å². The summed E-state index contributed by atoms with van der Waals surface area (Å²) < 4.78 is 28.0. The molecule has 0 radical (unpaired) electrons. The van der Waals surface area contributed by atoms with Gasteiger partial charge in [0.05, 0.1) is 4.90 Å². The van der Waals surface area contributed by atoms with Crippen LogP contribution in [0.25, 0.3) is 11.1 Å². The van der Waals surface area contributed by atoms with Crippen molar-refractivity contribution < 1.29 is 28.8 Å². The second-order valence-corrected chi connectivity index (χ2v) is 7.62. The van der Waals surface area contributed by atoms with Crippen LogP contribution in [0, 0.1) is 0 Å². The summed E-state index contributed by atoms with van der Waals surface area (Å²) in [5.74, 6) is -1.70. The van der Waals surface area contributed by atoms with Crippen LogP contribution in [0.1, 0.15) is 5.56 Å². The third-order valence-electron chi connectivity index (χ3n) is 3.89. The normalized spacial score (nSPS) is 11.4. The van der Waals surface area contributed by atoms with Crippen LogP contribution in [-0.2, 0) is 16.6 Å². The lowest BCUT2D eigenvalue weighted by Gasteiger charge is -2.14. The van der Waals surface area contributed by atoms with Crippen molar-refractivity contribution in [1.82, 2.24) is 4.72 Å². The van der Waals surface area contributed by atoms with Gasteiger partial charge in [-0.25, -0.2) is 13.1 Å². The third kappa shape index (κ3) is 4.13. The molecular weight excluding hydrogens is 370 g/mol. The highest BCUT2D eigenvalue weighted by Gasteiger charge is 2.22. The highest BCUT2D eigenvalue weighted by molar-refractivity contribution is 7.89. The van der Waals surface area contributed by atoms with Crippen LogP contribution in [0.5, 0.6) is 23.0 Å². The maximum absolute atomic E-state index is 12.8. The zero-order chi connectivity index (χ0) is 19.6. The van der Waals surface area contributed by atoms with Crippen molar-refractivity contribution in [3.8, 4) is 34.1 Å². The van der Waals surface area contributed by atoms with E-state index in [0.717, 1.165) is 23.8 Å². The van der Waals surface area contributed by atoms with Gasteiger partial charge in [-0.2, -0.15) is 0 Å². The molecule has 0 saturated heterocycles. The van der Waals surface area contributed by atoms with E-state index >= 15 is 0 Å². The molecule has 0 aliphatic carbocycles. The summed E-state index contributed by atoms with van der Waals surface area (Å²) >= 11 is 0. The molecule has 27 heavy (non-hydrogen) atoms. The van der Waals surface area contributed by atoms with Crippen molar-refractivity contribution in [1.29, 1.82) is 0 Å². The second kappa shape index (κ2) is 7.18. The topological polar surface area (TPSA) is 127 Å². The van der Waals surface area contributed by atoms with E-state index in [1.165, 1.54) is 12.1 Å². The van der Waals surface area contributed by atoms with Gasteiger partial charge in [-0.3, -0.25) is 0 Å². The van der Waals surface area contributed by atoms with Crippen molar-refractivity contribution in [3.63, 3.8) is 0 Å². The Morgan fingerprint density at radius 1 is 0.778 bits per heavy atom. The first kappa shape index (κ1) is 18.6. The van der Waals surface area contributed by atoms with Gasteiger partial charge in [-0.15, -0.1) is 0 Å². The summed E-state index contributed by atoms with van der Waals surface area (Å²) in [5, 5.41) is 39.0. The lowest BCUT2D eigenvalue weighted by Crippen LogP contribution is -2.23. The molecule has 3 aromatic rings. The molecule has 5 N–H and O–H groups in total. The highest BCUT2D eigenvalue weighted by atomic mass is 32.2. The van der Waals surface area contributed by atoms with E-state index in [1.807, 2.05) is 6.07 Å². The van der Waals surface area contributed by atoms with Crippen LogP contribution < -0.4 is 4.72 Å². The van der Waals surface area contributed by atoms with E-state index in [2.05, 4.69) is 4.72 Å². The Morgan fingerprint density at radius 2 is 1.37 bits per heavy atom. The first-order valence-electron chi connectivity index (χ1n) is 7.89. The van der Waals surface area contributed by atoms with Gasteiger partial charge in [0.2, 0.25) is 10.0 Å². The highest BCUT2D eigenvalue weighted by Crippen LogP contribution is 2.39. The molecule has 140 valence electrons. The quantitative estimate of drug-likeness (QED) is 0.428. The number of phenolic OH excluding ortho intramolecular Hbond substituents is 4. The molecule has 0 unspecified atom stereocenters. The Labute approximate surface area is 155 Å². The predicted octanol–water partition coefficient (Wildman–Crippen LogP) is 2.65. The van der Waals surface area contributed by atoms with Crippen molar-refractivity contribution in [2.75, 3.05) is 0 Å². The van der Waals surface area contributed by atoms with Crippen molar-refractivity contribution >= 4 is 10.0 Å². The van der Waals surface area contributed by atoms with Crippen LogP contribution in [-0.4, -0.2) is 28.8 Å². The Morgan fingerprint density at radius 3 is 2.00 bits per heavy atom. The molecule has 0 aromatic heterocycles. The minimum absolute atomic E-state index is 0.0112. The minimum atomic E-state index is -4.09. The molecular formula is C19H17NO6S. The second-order valence-electron chi connectivity index (χ2n) is 5.89. The van der Waals surface area contributed by atoms with E-state index in [1.54, 1.807) is 24.3 Å². The maximum Gasteiger partial charge on any atom is 0.241 e. The molecule has 0 atom stereocenters. The molecule has 0 amide bonds. The molecule has 3 aromatic carbocycles. The lowest BCUT2D eigenvalue weighted by atomic mass is 10.0. The zero-order valence-corrected chi connectivity index (χ0v) is 14.8. The molecule has 0 spiro atoms.